The standard InChI is InChI=1S/C26H28FN3O4S/c1-14-12-18(6-9-20(14)27)29-25(33)21-15(2)22(30(3)23(21)16-10-11-35-13-16)24(32)26(34)28-17-4-7-19(31)8-5-17/h6,9-13,17,19,31H,4-5,7-8H2,1-3H3,(H,28,34)(H,29,33)/t17-,19+. The van der Waals surface area contributed by atoms with Gasteiger partial charge in [0.2, 0.25) is 0 Å². The van der Waals surface area contributed by atoms with Crippen LogP contribution in [0.3, 0.4) is 0 Å². The van der Waals surface area contributed by atoms with E-state index in [2.05, 4.69) is 10.6 Å². The van der Waals surface area contributed by atoms with Crippen molar-refractivity contribution in [2.24, 2.45) is 7.05 Å². The lowest BCUT2D eigenvalue weighted by atomic mass is 9.93. The molecule has 9 heteroatoms. The second-order valence-electron chi connectivity index (χ2n) is 8.99. The fourth-order valence-corrected chi connectivity index (χ4v) is 5.30. The second-order valence-corrected chi connectivity index (χ2v) is 9.77. The number of aromatic nitrogens is 1. The minimum atomic E-state index is -0.729. The van der Waals surface area contributed by atoms with Gasteiger partial charge in [0.25, 0.3) is 17.6 Å². The van der Waals surface area contributed by atoms with Crippen molar-refractivity contribution < 1.29 is 23.9 Å². The van der Waals surface area contributed by atoms with Gasteiger partial charge in [-0.1, -0.05) is 0 Å². The number of hydrogen-bond acceptors (Lipinski definition) is 5. The molecular weight excluding hydrogens is 469 g/mol. The Morgan fingerprint density at radius 1 is 1.11 bits per heavy atom. The summed E-state index contributed by atoms with van der Waals surface area (Å²) in [6.45, 7) is 3.26. The molecule has 7 nitrogen and oxygen atoms in total. The maximum Gasteiger partial charge on any atom is 0.294 e. The molecule has 1 aliphatic rings. The molecule has 1 aromatic carbocycles. The van der Waals surface area contributed by atoms with Crippen LogP contribution in [0.1, 0.15) is 57.7 Å². The Balaban J connectivity index is 1.68. The molecule has 0 unspecified atom stereocenters. The van der Waals surface area contributed by atoms with E-state index < -0.39 is 17.6 Å². The maximum atomic E-state index is 13.7. The highest BCUT2D eigenvalue weighted by Crippen LogP contribution is 2.33. The van der Waals surface area contributed by atoms with E-state index in [9.17, 15) is 23.9 Å². The normalized spacial score (nSPS) is 17.7. The Kier molecular flexibility index (Phi) is 7.18. The van der Waals surface area contributed by atoms with Gasteiger partial charge in [-0.15, -0.1) is 0 Å². The number of amides is 2. The Labute approximate surface area is 207 Å². The highest BCUT2D eigenvalue weighted by molar-refractivity contribution is 7.08. The summed E-state index contributed by atoms with van der Waals surface area (Å²) in [5.41, 5.74) is 2.92. The molecule has 3 aromatic rings. The molecule has 0 radical (unpaired) electrons. The average Bonchev–Trinajstić information content (AvgIpc) is 3.43. The number of anilines is 1. The smallest absolute Gasteiger partial charge is 0.294 e. The van der Waals surface area contributed by atoms with Crippen LogP contribution in [-0.4, -0.2) is 39.4 Å². The van der Waals surface area contributed by atoms with Gasteiger partial charge in [0.05, 0.1) is 23.1 Å². The van der Waals surface area contributed by atoms with Crippen molar-refractivity contribution in [2.75, 3.05) is 5.32 Å². The van der Waals surface area contributed by atoms with E-state index in [1.54, 1.807) is 25.5 Å². The zero-order valence-corrected chi connectivity index (χ0v) is 20.7. The number of aryl methyl sites for hydroxylation is 1. The fourth-order valence-electron chi connectivity index (χ4n) is 4.66. The number of ketones is 1. The maximum absolute atomic E-state index is 13.7. The van der Waals surface area contributed by atoms with E-state index in [1.165, 1.54) is 29.5 Å². The Bertz CT molecular complexity index is 1270. The number of rotatable bonds is 6. The summed E-state index contributed by atoms with van der Waals surface area (Å²) in [5.74, 6) is -2.27. The van der Waals surface area contributed by atoms with Crippen LogP contribution in [0, 0.1) is 19.7 Å². The molecule has 0 spiro atoms. The van der Waals surface area contributed by atoms with Crippen LogP contribution in [0.2, 0.25) is 0 Å². The first-order valence-corrected chi connectivity index (χ1v) is 12.4. The lowest BCUT2D eigenvalue weighted by Gasteiger charge is -2.25. The van der Waals surface area contributed by atoms with Gasteiger partial charge in [0.15, 0.2) is 0 Å². The third-order valence-electron chi connectivity index (χ3n) is 6.53. The number of benzene rings is 1. The Morgan fingerprint density at radius 2 is 1.83 bits per heavy atom. The number of aliphatic hydroxyl groups excluding tert-OH is 1. The highest BCUT2D eigenvalue weighted by Gasteiger charge is 2.32. The first-order chi connectivity index (χ1) is 16.7. The molecule has 4 rings (SSSR count). The molecule has 0 aliphatic heterocycles. The van der Waals surface area contributed by atoms with Gasteiger partial charge in [0.1, 0.15) is 5.82 Å². The molecule has 1 fully saturated rings. The first-order valence-electron chi connectivity index (χ1n) is 11.5. The van der Waals surface area contributed by atoms with E-state index in [0.29, 0.717) is 48.2 Å². The minimum absolute atomic E-state index is 0.139. The summed E-state index contributed by atoms with van der Waals surface area (Å²) in [4.78, 5) is 39.5. The van der Waals surface area contributed by atoms with E-state index in [0.717, 1.165) is 5.56 Å². The molecule has 0 atom stereocenters. The lowest BCUT2D eigenvalue weighted by molar-refractivity contribution is -0.118. The summed E-state index contributed by atoms with van der Waals surface area (Å²) in [5, 5.41) is 19.0. The summed E-state index contributed by atoms with van der Waals surface area (Å²) >= 11 is 1.45. The first kappa shape index (κ1) is 24.8. The predicted molar refractivity (Wildman–Crippen MR) is 133 cm³/mol. The van der Waals surface area contributed by atoms with Crippen LogP contribution in [0.5, 0.6) is 0 Å². The Hall–Kier alpha value is -3.30. The molecule has 2 amide bonds. The largest absolute Gasteiger partial charge is 0.393 e. The van der Waals surface area contributed by atoms with Gasteiger partial charge in [0, 0.05) is 29.7 Å². The van der Waals surface area contributed by atoms with Gasteiger partial charge in [-0.05, 0) is 80.3 Å². The zero-order chi connectivity index (χ0) is 25.3. The van der Waals surface area contributed by atoms with Crippen molar-refractivity contribution >= 4 is 34.6 Å². The number of nitrogens with one attached hydrogen (secondary N) is 2. The van der Waals surface area contributed by atoms with Crippen LogP contribution in [0.15, 0.2) is 35.0 Å². The minimum Gasteiger partial charge on any atom is -0.393 e. The summed E-state index contributed by atoms with van der Waals surface area (Å²) in [7, 11) is 1.66. The molecule has 0 bridgehead atoms. The zero-order valence-electron chi connectivity index (χ0n) is 19.9. The number of hydrogen-bond donors (Lipinski definition) is 3. The second kappa shape index (κ2) is 10.1. The van der Waals surface area contributed by atoms with Gasteiger partial charge in [-0.25, -0.2) is 4.39 Å². The van der Waals surface area contributed by atoms with Gasteiger partial charge >= 0.3 is 0 Å². The number of nitrogens with zero attached hydrogens (tertiary/aromatic N) is 1. The molecule has 1 saturated carbocycles. The number of aliphatic hydroxyl groups is 1. The summed E-state index contributed by atoms with van der Waals surface area (Å²) in [6, 6.07) is 5.97. The molecular formula is C26H28FN3O4S. The van der Waals surface area contributed by atoms with Gasteiger partial charge < -0.3 is 20.3 Å². The van der Waals surface area contributed by atoms with Crippen molar-refractivity contribution in [3.63, 3.8) is 0 Å². The van der Waals surface area contributed by atoms with Gasteiger partial charge in [-0.2, -0.15) is 11.3 Å². The monoisotopic (exact) mass is 497 g/mol. The predicted octanol–water partition coefficient (Wildman–Crippen LogP) is 4.36. The number of carbonyl (C=O) groups is 3. The van der Waals surface area contributed by atoms with E-state index >= 15 is 0 Å². The van der Waals surface area contributed by atoms with Crippen LogP contribution < -0.4 is 10.6 Å². The third kappa shape index (κ3) is 5.06. The number of thiophene rings is 1. The molecule has 3 N–H and O–H groups in total. The van der Waals surface area contributed by atoms with Crippen molar-refractivity contribution in [2.45, 2.75) is 51.7 Å². The Morgan fingerprint density at radius 3 is 2.46 bits per heavy atom. The topological polar surface area (TPSA) is 100 Å². The quantitative estimate of drug-likeness (QED) is 0.348. The van der Waals surface area contributed by atoms with Crippen LogP contribution in [-0.2, 0) is 11.8 Å². The van der Waals surface area contributed by atoms with Crippen molar-refractivity contribution in [1.82, 2.24) is 9.88 Å². The van der Waals surface area contributed by atoms with Crippen LogP contribution in [0.4, 0.5) is 10.1 Å². The number of halogens is 1. The average molecular weight is 498 g/mol. The van der Waals surface area contributed by atoms with Crippen molar-refractivity contribution in [1.29, 1.82) is 0 Å². The SMILES string of the molecule is Cc1cc(NC(=O)c2c(C)c(C(=O)C(=O)N[C@H]3CC[C@@H](O)CC3)n(C)c2-c2ccsc2)ccc1F. The lowest BCUT2D eigenvalue weighted by Crippen LogP contribution is -2.42. The van der Waals surface area contributed by atoms with Crippen LogP contribution in [0.25, 0.3) is 11.3 Å². The van der Waals surface area contributed by atoms with Gasteiger partial charge in [-0.3, -0.25) is 14.4 Å². The highest BCUT2D eigenvalue weighted by atomic mass is 32.1. The fraction of sp³-hybridized carbons (Fsp3) is 0.346. The van der Waals surface area contributed by atoms with Crippen molar-refractivity contribution in [3.05, 3.63) is 63.2 Å². The van der Waals surface area contributed by atoms with E-state index in [4.69, 9.17) is 0 Å². The number of carbonyl (C=O) groups excluding carboxylic acids is 3. The molecule has 184 valence electrons. The third-order valence-corrected chi connectivity index (χ3v) is 7.21. The summed E-state index contributed by atoms with van der Waals surface area (Å²) < 4.78 is 15.3. The van der Waals surface area contributed by atoms with E-state index in [-0.39, 0.29) is 29.2 Å². The molecule has 2 aromatic heterocycles. The molecule has 1 aliphatic carbocycles. The van der Waals surface area contributed by atoms with Crippen LogP contribution >= 0.6 is 11.3 Å². The summed E-state index contributed by atoms with van der Waals surface area (Å²) in [6.07, 6.45) is 2.01. The van der Waals surface area contributed by atoms with Crippen molar-refractivity contribution in [3.8, 4) is 11.3 Å². The molecule has 35 heavy (non-hydrogen) atoms. The number of Topliss-reactive ketones (excluding diaryl/α,β-unsaturated/α-hetero) is 1. The molecule has 2 heterocycles. The molecule has 0 saturated heterocycles. The van der Waals surface area contributed by atoms with E-state index in [1.807, 2.05) is 16.8 Å².